The predicted octanol–water partition coefficient (Wildman–Crippen LogP) is 2.35. The van der Waals surface area contributed by atoms with Crippen molar-refractivity contribution in [1.29, 1.82) is 0 Å². The Morgan fingerprint density at radius 1 is 1.44 bits per heavy atom. The highest BCUT2D eigenvalue weighted by molar-refractivity contribution is 8.13. The number of hydrogen-bond donors (Lipinski definition) is 2. The van der Waals surface area contributed by atoms with Gasteiger partial charge in [-0.2, -0.15) is 0 Å². The number of aromatic nitrogens is 2. The third-order valence-electron chi connectivity index (χ3n) is 4.24. The second kappa shape index (κ2) is 6.79. The van der Waals surface area contributed by atoms with Crippen LogP contribution in [-0.2, 0) is 12.6 Å². The number of hydrogen-bond acceptors (Lipinski definition) is 6. The lowest BCUT2D eigenvalue weighted by Gasteiger charge is -2.30. The lowest BCUT2D eigenvalue weighted by Crippen LogP contribution is -2.28. The van der Waals surface area contributed by atoms with Crippen molar-refractivity contribution in [1.82, 2.24) is 9.78 Å². The van der Waals surface area contributed by atoms with Gasteiger partial charge in [-0.1, -0.05) is 23.9 Å². The molecule has 0 aliphatic carbocycles. The number of carbonyl (C=O) groups is 1. The first-order chi connectivity index (χ1) is 11.9. The van der Waals surface area contributed by atoms with E-state index in [-0.39, 0.29) is 11.4 Å². The van der Waals surface area contributed by atoms with Gasteiger partial charge in [0.15, 0.2) is 5.17 Å². The van der Waals surface area contributed by atoms with Crippen molar-refractivity contribution in [3.05, 3.63) is 41.6 Å². The van der Waals surface area contributed by atoms with Crippen molar-refractivity contribution < 1.29 is 9.53 Å². The van der Waals surface area contributed by atoms with Crippen LogP contribution in [0.4, 0.5) is 5.69 Å². The molecular weight excluding hydrogens is 338 g/mol. The Hall–Kier alpha value is -2.48. The van der Waals surface area contributed by atoms with E-state index >= 15 is 0 Å². The molecule has 7 nitrogen and oxygen atoms in total. The summed E-state index contributed by atoms with van der Waals surface area (Å²) < 4.78 is 6.55. The minimum atomic E-state index is -0.369. The Labute approximate surface area is 150 Å². The molecule has 1 atom stereocenters. The number of carbonyl (C=O) groups excluding carboxylic acids is 1. The molecule has 8 heteroatoms. The Kier molecular flexibility index (Phi) is 4.71. The zero-order valence-electron chi connectivity index (χ0n) is 14.4. The second-order valence-corrected chi connectivity index (χ2v) is 7.17. The number of aliphatic imine (C=N–C) groups is 1. The number of amides is 1. The zero-order chi connectivity index (χ0) is 18.0. The summed E-state index contributed by atoms with van der Waals surface area (Å²) in [4.78, 5) is 17.1. The van der Waals surface area contributed by atoms with Crippen molar-refractivity contribution in [2.45, 2.75) is 18.9 Å². The topological polar surface area (TPSA) is 94.5 Å². The third kappa shape index (κ3) is 3.63. The Bertz CT molecular complexity index is 832. The molecule has 25 heavy (non-hydrogen) atoms. The van der Waals surface area contributed by atoms with Crippen LogP contribution in [0.1, 0.15) is 29.4 Å². The molecule has 0 bridgehead atoms. The zero-order valence-corrected chi connectivity index (χ0v) is 15.3. The number of nitrogens with two attached hydrogens (primary N) is 1. The fourth-order valence-corrected chi connectivity index (χ4v) is 3.75. The molecule has 3 rings (SSSR count). The first-order valence-corrected chi connectivity index (χ1v) is 8.88. The summed E-state index contributed by atoms with van der Waals surface area (Å²) in [5, 5.41) is 7.61. The number of aryl methyl sites for hydroxylation is 1. The highest BCUT2D eigenvalue weighted by Gasteiger charge is 2.29. The highest BCUT2D eigenvalue weighted by atomic mass is 32.2. The molecule has 0 spiro atoms. The second-order valence-electron chi connectivity index (χ2n) is 6.05. The van der Waals surface area contributed by atoms with E-state index in [0.29, 0.717) is 22.4 Å². The lowest BCUT2D eigenvalue weighted by molar-refractivity contribution is 0.101. The number of thioether (sulfide) groups is 1. The van der Waals surface area contributed by atoms with Gasteiger partial charge in [0.1, 0.15) is 5.69 Å². The number of amidine groups is 1. The molecule has 2 heterocycles. The van der Waals surface area contributed by atoms with Gasteiger partial charge in [0.2, 0.25) is 5.88 Å². The van der Waals surface area contributed by atoms with Gasteiger partial charge < -0.3 is 15.8 Å². The lowest BCUT2D eigenvalue weighted by atomic mass is 9.89. The molecule has 0 saturated heterocycles. The van der Waals surface area contributed by atoms with Crippen LogP contribution in [0.3, 0.4) is 0 Å². The average molecular weight is 359 g/mol. The third-order valence-corrected chi connectivity index (χ3v) is 5.03. The molecule has 132 valence electrons. The van der Waals surface area contributed by atoms with Gasteiger partial charge in [-0.05, 0) is 31.0 Å². The minimum absolute atomic E-state index is 0.247. The van der Waals surface area contributed by atoms with Gasteiger partial charge in [0.05, 0.1) is 12.6 Å². The number of nitrogens with one attached hydrogen (secondary N) is 1. The SMILES string of the molecule is COc1cc(C(=O)Nc2cccc([C@]3(C)CCSC(N)=N3)c2)n(C)n1. The van der Waals surface area contributed by atoms with Crippen molar-refractivity contribution in [2.75, 3.05) is 18.2 Å². The molecule has 3 N–H and O–H groups in total. The molecule has 2 aromatic rings. The average Bonchev–Trinajstić information content (AvgIpc) is 2.96. The summed E-state index contributed by atoms with van der Waals surface area (Å²) in [5.41, 5.74) is 7.68. The maximum Gasteiger partial charge on any atom is 0.274 e. The van der Waals surface area contributed by atoms with E-state index in [1.807, 2.05) is 24.3 Å². The Morgan fingerprint density at radius 3 is 2.92 bits per heavy atom. The summed E-state index contributed by atoms with van der Waals surface area (Å²) >= 11 is 1.57. The van der Waals surface area contributed by atoms with E-state index in [4.69, 9.17) is 10.5 Å². The van der Waals surface area contributed by atoms with Crippen LogP contribution in [0.25, 0.3) is 0 Å². The molecule has 0 radical (unpaired) electrons. The van der Waals surface area contributed by atoms with Gasteiger partial charge >= 0.3 is 0 Å². The van der Waals surface area contributed by atoms with E-state index in [1.54, 1.807) is 24.9 Å². The number of nitrogens with zero attached hydrogens (tertiary/aromatic N) is 3. The highest BCUT2D eigenvalue weighted by Crippen LogP contribution is 2.35. The van der Waals surface area contributed by atoms with E-state index in [2.05, 4.69) is 22.3 Å². The summed E-state index contributed by atoms with van der Waals surface area (Å²) in [6.45, 7) is 2.06. The molecule has 1 aliphatic rings. The maximum atomic E-state index is 12.5. The summed E-state index contributed by atoms with van der Waals surface area (Å²) in [7, 11) is 3.22. The molecule has 0 unspecified atom stereocenters. The van der Waals surface area contributed by atoms with Crippen molar-refractivity contribution >= 4 is 28.5 Å². The molecular formula is C17H21N5O2S. The molecule has 0 saturated carbocycles. The molecule has 1 amide bonds. The van der Waals surface area contributed by atoms with Crippen molar-refractivity contribution in [2.24, 2.45) is 17.8 Å². The number of rotatable bonds is 4. The van der Waals surface area contributed by atoms with Gasteiger partial charge in [0.25, 0.3) is 5.91 Å². The first kappa shape index (κ1) is 17.3. The summed E-state index contributed by atoms with van der Waals surface area (Å²) in [6.07, 6.45) is 0.898. The van der Waals surface area contributed by atoms with E-state index in [1.165, 1.54) is 11.8 Å². The maximum absolute atomic E-state index is 12.5. The molecule has 1 aromatic carbocycles. The molecule has 1 aliphatic heterocycles. The van der Waals surface area contributed by atoms with Crippen molar-refractivity contribution in [3.63, 3.8) is 0 Å². The standard InChI is InChI=1S/C17H21N5O2S/c1-17(7-8-25-16(18)20-17)11-5-4-6-12(9-11)19-15(23)13-10-14(24-3)21-22(13)2/h4-6,9-10H,7-8H2,1-3H3,(H2,18,20)(H,19,23)/t17-/m0/s1. The number of benzene rings is 1. The van der Waals surface area contributed by atoms with Crippen LogP contribution in [0.2, 0.25) is 0 Å². The number of anilines is 1. The van der Waals surface area contributed by atoms with Crippen molar-refractivity contribution in [3.8, 4) is 5.88 Å². The minimum Gasteiger partial charge on any atom is -0.480 e. The predicted molar refractivity (Wildman–Crippen MR) is 100 cm³/mol. The van der Waals surface area contributed by atoms with Crippen LogP contribution < -0.4 is 15.8 Å². The summed E-state index contributed by atoms with van der Waals surface area (Å²) in [5.74, 6) is 1.08. The molecule has 0 fully saturated rings. The number of ether oxygens (including phenoxy) is 1. The first-order valence-electron chi connectivity index (χ1n) is 7.89. The van der Waals surface area contributed by atoms with E-state index in [0.717, 1.165) is 17.7 Å². The largest absolute Gasteiger partial charge is 0.480 e. The van der Waals surface area contributed by atoms with Gasteiger partial charge in [0, 0.05) is 24.6 Å². The quantitative estimate of drug-likeness (QED) is 0.874. The fourth-order valence-electron chi connectivity index (χ4n) is 2.77. The van der Waals surface area contributed by atoms with Crippen LogP contribution in [0, 0.1) is 0 Å². The monoisotopic (exact) mass is 359 g/mol. The smallest absolute Gasteiger partial charge is 0.274 e. The van der Waals surface area contributed by atoms with Crippen LogP contribution >= 0.6 is 11.8 Å². The molecule has 1 aromatic heterocycles. The fraction of sp³-hybridized carbons (Fsp3) is 0.353. The Morgan fingerprint density at radius 2 is 2.24 bits per heavy atom. The normalized spacial score (nSPS) is 20.0. The van der Waals surface area contributed by atoms with Crippen LogP contribution in [-0.4, -0.2) is 33.7 Å². The van der Waals surface area contributed by atoms with Crippen LogP contribution in [0.5, 0.6) is 5.88 Å². The van der Waals surface area contributed by atoms with E-state index in [9.17, 15) is 4.79 Å². The number of methoxy groups -OCH3 is 1. The van der Waals surface area contributed by atoms with E-state index < -0.39 is 0 Å². The summed E-state index contributed by atoms with van der Waals surface area (Å²) in [6, 6.07) is 9.31. The van der Waals surface area contributed by atoms with Crippen LogP contribution in [0.15, 0.2) is 35.3 Å². The Balaban J connectivity index is 1.83. The van der Waals surface area contributed by atoms with Gasteiger partial charge in [-0.25, -0.2) is 0 Å². The van der Waals surface area contributed by atoms with Gasteiger partial charge in [-0.15, -0.1) is 5.10 Å². The van der Waals surface area contributed by atoms with Gasteiger partial charge in [-0.3, -0.25) is 14.5 Å².